The summed E-state index contributed by atoms with van der Waals surface area (Å²) >= 11 is 0. The molecule has 1 N–H and O–H groups in total. The van der Waals surface area contributed by atoms with Gasteiger partial charge in [0.25, 0.3) is 0 Å². The molecule has 0 heterocycles. The molecule has 0 atom stereocenters. The average Bonchev–Trinajstić information content (AvgIpc) is 2.74. The van der Waals surface area contributed by atoms with Crippen molar-refractivity contribution in [1.29, 1.82) is 0 Å². The summed E-state index contributed by atoms with van der Waals surface area (Å²) in [5, 5.41) is 2.93. The molecule has 1 amide bonds. The van der Waals surface area contributed by atoms with E-state index in [2.05, 4.69) is 12.2 Å². The molecule has 0 fully saturated rings. The van der Waals surface area contributed by atoms with Crippen LogP contribution in [-0.2, 0) is 4.79 Å². The molecule has 0 radical (unpaired) electrons. The van der Waals surface area contributed by atoms with Crippen molar-refractivity contribution in [2.45, 2.75) is 90.4 Å². The monoisotopic (exact) mass is 407 g/mol. The fourth-order valence-corrected chi connectivity index (χ4v) is 3.46. The van der Waals surface area contributed by atoms with Crippen LogP contribution in [0.1, 0.15) is 90.4 Å². The minimum absolute atomic E-state index is 0.0150. The molecule has 0 aliphatic heterocycles. The van der Waals surface area contributed by atoms with E-state index in [0.29, 0.717) is 29.4 Å². The largest absolute Gasteiger partial charge is 0.496 e. The quantitative estimate of drug-likeness (QED) is 0.290. The van der Waals surface area contributed by atoms with E-state index in [0.717, 1.165) is 12.8 Å². The van der Waals surface area contributed by atoms with Gasteiger partial charge in [-0.05, 0) is 6.42 Å². The van der Waals surface area contributed by atoms with Gasteiger partial charge >= 0.3 is 0 Å². The van der Waals surface area contributed by atoms with E-state index >= 15 is 0 Å². The zero-order valence-electron chi connectivity index (χ0n) is 19.0. The minimum atomic E-state index is -0.0150. The second kappa shape index (κ2) is 15.9. The van der Waals surface area contributed by atoms with E-state index in [4.69, 9.17) is 14.2 Å². The van der Waals surface area contributed by atoms with Crippen LogP contribution in [0.15, 0.2) is 12.1 Å². The molecule has 0 bridgehead atoms. The van der Waals surface area contributed by atoms with Crippen LogP contribution in [0.4, 0.5) is 5.69 Å². The fraction of sp³-hybridized carbons (Fsp3) is 0.708. The number of carbonyl (C=O) groups excluding carboxylic acids is 1. The Hall–Kier alpha value is -1.91. The van der Waals surface area contributed by atoms with Crippen molar-refractivity contribution in [3.05, 3.63) is 12.1 Å². The van der Waals surface area contributed by atoms with E-state index in [1.807, 2.05) is 0 Å². The molecule has 0 aromatic heterocycles. The van der Waals surface area contributed by atoms with Crippen LogP contribution in [0.3, 0.4) is 0 Å². The Morgan fingerprint density at radius 1 is 0.724 bits per heavy atom. The second-order valence-corrected chi connectivity index (χ2v) is 7.59. The lowest BCUT2D eigenvalue weighted by Crippen LogP contribution is -2.13. The van der Waals surface area contributed by atoms with Crippen molar-refractivity contribution in [3.8, 4) is 17.2 Å². The molecule has 0 spiro atoms. The number of ether oxygens (including phenoxy) is 3. The van der Waals surface area contributed by atoms with Gasteiger partial charge in [-0.2, -0.15) is 0 Å². The number of amides is 1. The van der Waals surface area contributed by atoms with Gasteiger partial charge in [-0.1, -0.05) is 77.6 Å². The summed E-state index contributed by atoms with van der Waals surface area (Å²) in [5.74, 6) is 1.67. The number of unbranched alkanes of at least 4 members (excludes halogenated alkanes) is 11. The molecule has 1 aromatic rings. The summed E-state index contributed by atoms with van der Waals surface area (Å²) in [6.07, 6.45) is 15.9. The fourth-order valence-electron chi connectivity index (χ4n) is 3.46. The highest BCUT2D eigenvalue weighted by Gasteiger charge is 2.15. The highest BCUT2D eigenvalue weighted by Crippen LogP contribution is 2.39. The molecular weight excluding hydrogens is 366 g/mol. The van der Waals surface area contributed by atoms with E-state index in [9.17, 15) is 4.79 Å². The van der Waals surface area contributed by atoms with Crippen molar-refractivity contribution in [3.63, 3.8) is 0 Å². The Bertz CT molecular complexity index is 549. The number of hydrogen-bond acceptors (Lipinski definition) is 4. The Balaban J connectivity index is 2.20. The molecule has 166 valence electrons. The van der Waals surface area contributed by atoms with Crippen LogP contribution in [0.25, 0.3) is 0 Å². The van der Waals surface area contributed by atoms with Crippen LogP contribution in [0.2, 0.25) is 0 Å². The maximum absolute atomic E-state index is 12.3. The first kappa shape index (κ1) is 25.1. The number of carbonyl (C=O) groups is 1. The summed E-state index contributed by atoms with van der Waals surface area (Å²) in [7, 11) is 4.71. The van der Waals surface area contributed by atoms with Gasteiger partial charge in [0.1, 0.15) is 22.9 Å². The van der Waals surface area contributed by atoms with Gasteiger partial charge in [0.2, 0.25) is 5.91 Å². The van der Waals surface area contributed by atoms with E-state index < -0.39 is 0 Å². The van der Waals surface area contributed by atoms with Crippen molar-refractivity contribution in [1.82, 2.24) is 0 Å². The van der Waals surface area contributed by atoms with Crippen molar-refractivity contribution < 1.29 is 19.0 Å². The molecule has 0 unspecified atom stereocenters. The van der Waals surface area contributed by atoms with Crippen molar-refractivity contribution >= 4 is 11.6 Å². The van der Waals surface area contributed by atoms with Crippen LogP contribution < -0.4 is 19.5 Å². The topological polar surface area (TPSA) is 56.8 Å². The maximum atomic E-state index is 12.3. The Morgan fingerprint density at radius 2 is 1.17 bits per heavy atom. The summed E-state index contributed by atoms with van der Waals surface area (Å²) < 4.78 is 16.0. The lowest BCUT2D eigenvalue weighted by Gasteiger charge is -2.15. The first-order valence-electron chi connectivity index (χ1n) is 11.3. The standard InChI is InChI=1S/C24H41NO4/c1-5-6-7-8-9-10-11-12-13-14-15-16-17-23(26)25-24-21(28-3)18-20(27-2)19-22(24)29-4/h18-19H,5-17H2,1-4H3,(H,25,26). The Kier molecular flexibility index (Phi) is 13.8. The van der Waals surface area contributed by atoms with Crippen molar-refractivity contribution in [2.75, 3.05) is 26.6 Å². The third-order valence-corrected chi connectivity index (χ3v) is 5.24. The van der Waals surface area contributed by atoms with Gasteiger partial charge in [-0.25, -0.2) is 0 Å². The SMILES string of the molecule is CCCCCCCCCCCCCCC(=O)Nc1c(OC)cc(OC)cc1OC. The van der Waals surface area contributed by atoms with E-state index in [1.165, 1.54) is 64.2 Å². The molecular formula is C24H41NO4. The van der Waals surface area contributed by atoms with E-state index in [1.54, 1.807) is 33.5 Å². The first-order valence-corrected chi connectivity index (χ1v) is 11.3. The zero-order valence-corrected chi connectivity index (χ0v) is 19.0. The third-order valence-electron chi connectivity index (χ3n) is 5.24. The molecule has 1 rings (SSSR count). The zero-order chi connectivity index (χ0) is 21.3. The molecule has 0 aliphatic rings. The molecule has 0 saturated carbocycles. The molecule has 0 saturated heterocycles. The number of nitrogens with one attached hydrogen (secondary N) is 1. The predicted molar refractivity (Wildman–Crippen MR) is 120 cm³/mol. The average molecular weight is 408 g/mol. The number of hydrogen-bond donors (Lipinski definition) is 1. The van der Waals surface area contributed by atoms with Gasteiger partial charge in [-0.3, -0.25) is 4.79 Å². The van der Waals surface area contributed by atoms with Gasteiger partial charge in [0.15, 0.2) is 0 Å². The maximum Gasteiger partial charge on any atom is 0.224 e. The highest BCUT2D eigenvalue weighted by molar-refractivity contribution is 5.94. The summed E-state index contributed by atoms with van der Waals surface area (Å²) in [4.78, 5) is 12.3. The smallest absolute Gasteiger partial charge is 0.224 e. The first-order chi connectivity index (χ1) is 14.2. The van der Waals surface area contributed by atoms with Crippen LogP contribution >= 0.6 is 0 Å². The molecule has 5 nitrogen and oxygen atoms in total. The molecule has 0 aliphatic carbocycles. The lowest BCUT2D eigenvalue weighted by atomic mass is 10.0. The van der Waals surface area contributed by atoms with E-state index in [-0.39, 0.29) is 5.91 Å². The Labute approximate surface area is 177 Å². The highest BCUT2D eigenvalue weighted by atomic mass is 16.5. The normalized spacial score (nSPS) is 10.6. The van der Waals surface area contributed by atoms with Crippen LogP contribution in [0.5, 0.6) is 17.2 Å². The van der Waals surface area contributed by atoms with Gasteiger partial charge < -0.3 is 19.5 Å². The van der Waals surface area contributed by atoms with Gasteiger partial charge in [-0.15, -0.1) is 0 Å². The Morgan fingerprint density at radius 3 is 1.59 bits per heavy atom. The second-order valence-electron chi connectivity index (χ2n) is 7.59. The predicted octanol–water partition coefficient (Wildman–Crippen LogP) is 6.74. The molecule has 29 heavy (non-hydrogen) atoms. The number of anilines is 1. The summed E-state index contributed by atoms with van der Waals surface area (Å²) in [5.41, 5.74) is 0.555. The summed E-state index contributed by atoms with van der Waals surface area (Å²) in [6.45, 7) is 2.26. The number of methoxy groups -OCH3 is 3. The molecule has 5 heteroatoms. The summed E-state index contributed by atoms with van der Waals surface area (Å²) in [6, 6.07) is 3.48. The lowest BCUT2D eigenvalue weighted by molar-refractivity contribution is -0.116. The van der Waals surface area contributed by atoms with Crippen LogP contribution in [-0.4, -0.2) is 27.2 Å². The van der Waals surface area contributed by atoms with Gasteiger partial charge in [0.05, 0.1) is 21.3 Å². The minimum Gasteiger partial charge on any atom is -0.496 e. The molecule has 1 aromatic carbocycles. The van der Waals surface area contributed by atoms with Gasteiger partial charge in [0, 0.05) is 18.6 Å². The third kappa shape index (κ3) is 10.4. The number of rotatable bonds is 17. The van der Waals surface area contributed by atoms with Crippen molar-refractivity contribution in [2.24, 2.45) is 0 Å². The van der Waals surface area contributed by atoms with Crippen LogP contribution in [0, 0.1) is 0 Å². The number of benzene rings is 1.